The molecular formula is C13H25NO3. The van der Waals surface area contributed by atoms with E-state index in [1.807, 2.05) is 0 Å². The number of nitrogens with one attached hydrogen (secondary N) is 1. The van der Waals surface area contributed by atoms with Gasteiger partial charge in [-0.1, -0.05) is 13.8 Å². The minimum atomic E-state index is -1.43. The quantitative estimate of drug-likeness (QED) is 0.731. The number of aliphatic hydroxyl groups is 1. The van der Waals surface area contributed by atoms with Crippen molar-refractivity contribution in [3.8, 4) is 0 Å². The number of esters is 1. The Morgan fingerprint density at radius 3 is 2.35 bits per heavy atom. The van der Waals surface area contributed by atoms with Crippen LogP contribution in [0, 0.1) is 11.8 Å². The van der Waals surface area contributed by atoms with E-state index in [-0.39, 0.29) is 6.54 Å². The summed E-state index contributed by atoms with van der Waals surface area (Å²) in [7, 11) is 1.29. The SMILES string of the molecule is COC(=O)C(C)(O)CNC1CC(C)CC(C)C1. The number of rotatable bonds is 4. The monoisotopic (exact) mass is 243 g/mol. The summed E-state index contributed by atoms with van der Waals surface area (Å²) in [5, 5.41) is 13.2. The molecule has 0 bridgehead atoms. The summed E-state index contributed by atoms with van der Waals surface area (Å²) < 4.78 is 4.57. The summed E-state index contributed by atoms with van der Waals surface area (Å²) in [6, 6.07) is 0.393. The molecule has 17 heavy (non-hydrogen) atoms. The number of carbonyl (C=O) groups excluding carboxylic acids is 1. The predicted octanol–water partition coefficient (Wildman–Crippen LogP) is 1.32. The van der Waals surface area contributed by atoms with Gasteiger partial charge in [-0.2, -0.15) is 0 Å². The lowest BCUT2D eigenvalue weighted by molar-refractivity contribution is -0.160. The van der Waals surface area contributed by atoms with E-state index in [4.69, 9.17) is 0 Å². The number of carbonyl (C=O) groups is 1. The summed E-state index contributed by atoms with van der Waals surface area (Å²) in [4.78, 5) is 11.3. The maximum Gasteiger partial charge on any atom is 0.338 e. The second kappa shape index (κ2) is 5.83. The standard InChI is InChI=1S/C13H25NO3/c1-9-5-10(2)7-11(6-9)14-8-13(3,16)12(15)17-4/h9-11,14,16H,5-8H2,1-4H3. The molecule has 3 atom stereocenters. The van der Waals surface area contributed by atoms with E-state index in [1.165, 1.54) is 20.5 Å². The molecule has 0 saturated heterocycles. The minimum Gasteiger partial charge on any atom is -0.467 e. The fourth-order valence-corrected chi connectivity index (χ4v) is 2.75. The number of hydrogen-bond donors (Lipinski definition) is 2. The van der Waals surface area contributed by atoms with Gasteiger partial charge in [-0.3, -0.25) is 0 Å². The van der Waals surface area contributed by atoms with E-state index >= 15 is 0 Å². The molecule has 0 spiro atoms. The number of methoxy groups -OCH3 is 1. The molecule has 1 fully saturated rings. The molecule has 0 aromatic rings. The topological polar surface area (TPSA) is 58.6 Å². The molecule has 0 radical (unpaired) electrons. The zero-order chi connectivity index (χ0) is 13.1. The molecule has 3 unspecified atom stereocenters. The maximum absolute atomic E-state index is 11.3. The summed E-state index contributed by atoms with van der Waals surface area (Å²) in [6.07, 6.45) is 3.49. The van der Waals surface area contributed by atoms with Gasteiger partial charge >= 0.3 is 5.97 Å². The van der Waals surface area contributed by atoms with Gasteiger partial charge in [-0.25, -0.2) is 4.79 Å². The summed E-state index contributed by atoms with van der Waals surface area (Å²) in [6.45, 7) is 6.25. The van der Waals surface area contributed by atoms with E-state index in [0.717, 1.165) is 12.8 Å². The molecule has 1 saturated carbocycles. The van der Waals surface area contributed by atoms with Crippen molar-refractivity contribution in [2.45, 2.75) is 51.7 Å². The first-order valence-corrected chi connectivity index (χ1v) is 6.39. The molecule has 100 valence electrons. The number of ether oxygens (including phenoxy) is 1. The van der Waals surface area contributed by atoms with Crippen LogP contribution in [0.15, 0.2) is 0 Å². The minimum absolute atomic E-state index is 0.254. The normalized spacial score (nSPS) is 32.9. The molecule has 0 aliphatic heterocycles. The Morgan fingerprint density at radius 1 is 1.35 bits per heavy atom. The third-order valence-electron chi connectivity index (χ3n) is 3.54. The van der Waals surface area contributed by atoms with Crippen LogP contribution in [-0.2, 0) is 9.53 Å². The van der Waals surface area contributed by atoms with Crippen molar-refractivity contribution in [1.82, 2.24) is 5.32 Å². The Bertz CT molecular complexity index is 255. The van der Waals surface area contributed by atoms with Crippen molar-refractivity contribution >= 4 is 5.97 Å². The van der Waals surface area contributed by atoms with E-state index < -0.39 is 11.6 Å². The summed E-state index contributed by atoms with van der Waals surface area (Å²) >= 11 is 0. The van der Waals surface area contributed by atoms with Gasteiger partial charge in [-0.15, -0.1) is 0 Å². The maximum atomic E-state index is 11.3. The Morgan fingerprint density at radius 2 is 1.88 bits per heavy atom. The molecule has 1 rings (SSSR count). The van der Waals surface area contributed by atoms with Crippen LogP contribution in [0.25, 0.3) is 0 Å². The Labute approximate surface area is 104 Å². The van der Waals surface area contributed by atoms with Gasteiger partial charge < -0.3 is 15.2 Å². The lowest BCUT2D eigenvalue weighted by atomic mass is 9.80. The van der Waals surface area contributed by atoms with Gasteiger partial charge in [0.05, 0.1) is 7.11 Å². The smallest absolute Gasteiger partial charge is 0.338 e. The van der Waals surface area contributed by atoms with Gasteiger partial charge in [0.2, 0.25) is 0 Å². The highest BCUT2D eigenvalue weighted by Crippen LogP contribution is 2.28. The van der Waals surface area contributed by atoms with Crippen molar-refractivity contribution in [3.05, 3.63) is 0 Å². The molecule has 4 heteroatoms. The highest BCUT2D eigenvalue weighted by Gasteiger charge is 2.33. The Kier molecular flexibility index (Phi) is 4.95. The fraction of sp³-hybridized carbons (Fsp3) is 0.923. The van der Waals surface area contributed by atoms with Crippen molar-refractivity contribution in [2.24, 2.45) is 11.8 Å². The lowest BCUT2D eigenvalue weighted by Gasteiger charge is -2.33. The fourth-order valence-electron chi connectivity index (χ4n) is 2.75. The molecular weight excluding hydrogens is 218 g/mol. The first-order chi connectivity index (χ1) is 7.85. The van der Waals surface area contributed by atoms with Gasteiger partial charge in [0.15, 0.2) is 5.60 Å². The van der Waals surface area contributed by atoms with E-state index in [1.54, 1.807) is 0 Å². The lowest BCUT2D eigenvalue weighted by Crippen LogP contribution is -2.49. The van der Waals surface area contributed by atoms with Crippen LogP contribution in [0.5, 0.6) is 0 Å². The highest BCUT2D eigenvalue weighted by atomic mass is 16.5. The van der Waals surface area contributed by atoms with Gasteiger partial charge in [0.25, 0.3) is 0 Å². The molecule has 2 N–H and O–H groups in total. The first kappa shape index (κ1) is 14.5. The van der Waals surface area contributed by atoms with Crippen LogP contribution in [-0.4, -0.2) is 36.4 Å². The van der Waals surface area contributed by atoms with Crippen molar-refractivity contribution in [3.63, 3.8) is 0 Å². The molecule has 0 aromatic heterocycles. The van der Waals surface area contributed by atoms with Gasteiger partial charge in [0.1, 0.15) is 0 Å². The zero-order valence-corrected chi connectivity index (χ0v) is 11.3. The third kappa shape index (κ3) is 4.28. The first-order valence-electron chi connectivity index (χ1n) is 6.39. The Hall–Kier alpha value is -0.610. The molecule has 1 aliphatic carbocycles. The van der Waals surface area contributed by atoms with Gasteiger partial charge in [-0.05, 0) is 38.0 Å². The average molecular weight is 243 g/mol. The van der Waals surface area contributed by atoms with Crippen LogP contribution in [0.4, 0.5) is 0 Å². The van der Waals surface area contributed by atoms with Crippen molar-refractivity contribution in [2.75, 3.05) is 13.7 Å². The van der Waals surface area contributed by atoms with E-state index in [2.05, 4.69) is 23.9 Å². The predicted molar refractivity (Wildman–Crippen MR) is 66.6 cm³/mol. The Balaban J connectivity index is 2.42. The summed E-state index contributed by atoms with van der Waals surface area (Å²) in [5.41, 5.74) is -1.43. The number of hydrogen-bond acceptors (Lipinski definition) is 4. The van der Waals surface area contributed by atoms with E-state index in [9.17, 15) is 9.90 Å². The molecule has 0 aromatic carbocycles. The summed E-state index contributed by atoms with van der Waals surface area (Å²) in [5.74, 6) is 0.834. The van der Waals surface area contributed by atoms with Crippen LogP contribution in [0.2, 0.25) is 0 Å². The second-order valence-electron chi connectivity index (χ2n) is 5.76. The van der Waals surface area contributed by atoms with Crippen molar-refractivity contribution < 1.29 is 14.6 Å². The molecule has 4 nitrogen and oxygen atoms in total. The van der Waals surface area contributed by atoms with Crippen LogP contribution in [0.1, 0.15) is 40.0 Å². The zero-order valence-electron chi connectivity index (χ0n) is 11.3. The van der Waals surface area contributed by atoms with Crippen LogP contribution < -0.4 is 5.32 Å². The third-order valence-corrected chi connectivity index (χ3v) is 3.54. The molecule has 0 heterocycles. The van der Waals surface area contributed by atoms with E-state index in [0.29, 0.717) is 17.9 Å². The van der Waals surface area contributed by atoms with Gasteiger partial charge in [0, 0.05) is 12.6 Å². The molecule has 0 amide bonds. The second-order valence-corrected chi connectivity index (χ2v) is 5.76. The largest absolute Gasteiger partial charge is 0.467 e. The van der Waals surface area contributed by atoms with Crippen molar-refractivity contribution in [1.29, 1.82) is 0 Å². The molecule has 1 aliphatic rings. The van der Waals surface area contributed by atoms with Crippen LogP contribution in [0.3, 0.4) is 0 Å². The average Bonchev–Trinajstić information content (AvgIpc) is 2.24. The highest BCUT2D eigenvalue weighted by molar-refractivity contribution is 5.78. The van der Waals surface area contributed by atoms with Crippen LogP contribution >= 0.6 is 0 Å².